The molecule has 0 saturated heterocycles. The smallest absolute Gasteiger partial charge is 0.454 e. The molecule has 0 heterocycles. The number of alkyl halides is 12. The number of hydrogen-bond acceptors (Lipinski definition) is 16. The summed E-state index contributed by atoms with van der Waals surface area (Å²) < 4.78 is 172. The molecule has 0 rings (SSSR count). The molecule has 4 unspecified atom stereocenters. The first-order valence-corrected chi connectivity index (χ1v) is 31.1. The van der Waals surface area contributed by atoms with E-state index in [0.717, 1.165) is 118 Å². The van der Waals surface area contributed by atoms with Gasteiger partial charge in [-0.25, -0.2) is 19.2 Å². The maximum atomic E-state index is 13.6. The molecule has 0 amide bonds. The number of ether oxygens (including phenoxy) is 4. The summed E-state index contributed by atoms with van der Waals surface area (Å²) >= 11 is 0. The highest BCUT2D eigenvalue weighted by atomic mass is 19.4. The lowest BCUT2D eigenvalue weighted by atomic mass is 9.83. The second-order valence-electron chi connectivity index (χ2n) is 23.3. The standard InChI is InChI=1S/C60H98F12N4O12/c1-7-9-29-41(49(77)45(73)37(3)85-53(81)57(61,62)63)33-27-35-43(51(79)47(75)39(5)87-55(83)59(67,68)69)31-25-23-21-19-17-15-13-11-12-14-16-18-20-22-24-26-32-44(52(80)48(76)40(6)88-56(84)60(70,71)72)36-28-34-42(30-10-8-2)50(78)46(74)38(4)86-54(82)58(64,65)66/h37-48H,7-36,73-76H2,1-6H3/t37-,38-,39-,40-,41?,42?,43?,44?,45+,46+,47+,48+/m1/s1. The van der Waals surface area contributed by atoms with E-state index < -0.39 is 144 Å². The molecule has 0 fully saturated rings. The molecule has 0 spiro atoms. The molecule has 0 aliphatic carbocycles. The Bertz CT molecular complexity index is 1940. The molecule has 0 bridgehead atoms. The normalized spacial score (nSPS) is 16.6. The van der Waals surface area contributed by atoms with Crippen molar-refractivity contribution in [2.24, 2.45) is 46.6 Å². The lowest BCUT2D eigenvalue weighted by molar-refractivity contribution is -0.205. The molecule has 28 heteroatoms. The Morgan fingerprint density at radius 1 is 0.273 bits per heavy atom. The van der Waals surface area contributed by atoms with Crippen LogP contribution in [0.3, 0.4) is 0 Å². The largest absolute Gasteiger partial charge is 0.490 e. The highest BCUT2D eigenvalue weighted by molar-refractivity contribution is 5.89. The molecule has 514 valence electrons. The van der Waals surface area contributed by atoms with Gasteiger partial charge < -0.3 is 41.9 Å². The molecular formula is C60H98F12N4O12. The number of Topliss-reactive ketones (excluding diaryl/α,β-unsaturated/α-hetero) is 4. The first kappa shape index (κ1) is 83.6. The molecular weight excluding hydrogens is 1200 g/mol. The van der Waals surface area contributed by atoms with Gasteiger partial charge in [0, 0.05) is 23.7 Å². The fourth-order valence-electron chi connectivity index (χ4n) is 10.3. The van der Waals surface area contributed by atoms with Gasteiger partial charge in [0.15, 0.2) is 23.1 Å². The van der Waals surface area contributed by atoms with Crippen molar-refractivity contribution in [2.75, 3.05) is 0 Å². The van der Waals surface area contributed by atoms with Gasteiger partial charge in [-0.15, -0.1) is 0 Å². The summed E-state index contributed by atoms with van der Waals surface area (Å²) in [6, 6.07) is -6.31. The lowest BCUT2D eigenvalue weighted by Crippen LogP contribution is -2.47. The number of unbranched alkanes of at least 4 members (excludes halogenated alkanes) is 17. The van der Waals surface area contributed by atoms with Crippen LogP contribution >= 0.6 is 0 Å². The number of rotatable bonds is 49. The van der Waals surface area contributed by atoms with Crippen LogP contribution in [0.4, 0.5) is 52.7 Å². The third-order valence-electron chi connectivity index (χ3n) is 15.9. The minimum Gasteiger partial charge on any atom is -0.454 e. The van der Waals surface area contributed by atoms with Crippen molar-refractivity contribution in [3.05, 3.63) is 0 Å². The number of halogens is 12. The van der Waals surface area contributed by atoms with Gasteiger partial charge >= 0.3 is 48.6 Å². The van der Waals surface area contributed by atoms with Crippen molar-refractivity contribution in [1.82, 2.24) is 0 Å². The summed E-state index contributed by atoms with van der Waals surface area (Å²) in [5.41, 5.74) is 24.0. The number of carbonyl (C=O) groups is 8. The zero-order valence-corrected chi connectivity index (χ0v) is 51.9. The topological polar surface area (TPSA) is 278 Å². The van der Waals surface area contributed by atoms with Gasteiger partial charge in [-0.05, 0) is 79.1 Å². The zero-order valence-electron chi connectivity index (χ0n) is 51.9. The van der Waals surface area contributed by atoms with E-state index in [1.54, 1.807) is 0 Å². The second-order valence-corrected chi connectivity index (χ2v) is 23.3. The predicted molar refractivity (Wildman–Crippen MR) is 302 cm³/mol. The van der Waals surface area contributed by atoms with Crippen LogP contribution in [0.15, 0.2) is 0 Å². The van der Waals surface area contributed by atoms with E-state index in [2.05, 4.69) is 18.9 Å². The molecule has 0 aromatic heterocycles. The molecule has 0 aliphatic rings. The van der Waals surface area contributed by atoms with Crippen molar-refractivity contribution in [3.8, 4) is 0 Å². The van der Waals surface area contributed by atoms with Gasteiger partial charge in [-0.3, -0.25) is 19.2 Å². The summed E-state index contributed by atoms with van der Waals surface area (Å²) in [6.45, 7) is 8.02. The van der Waals surface area contributed by atoms with E-state index in [-0.39, 0.29) is 38.5 Å². The molecule has 16 nitrogen and oxygen atoms in total. The van der Waals surface area contributed by atoms with Crippen LogP contribution in [0, 0.1) is 23.7 Å². The summed E-state index contributed by atoms with van der Waals surface area (Å²) in [6.07, 6.45) is -8.73. The quantitative estimate of drug-likeness (QED) is 0.0191. The van der Waals surface area contributed by atoms with E-state index in [0.29, 0.717) is 64.2 Å². The van der Waals surface area contributed by atoms with Crippen molar-refractivity contribution >= 4 is 47.0 Å². The van der Waals surface area contributed by atoms with Crippen LogP contribution in [0.25, 0.3) is 0 Å². The summed E-state index contributed by atoms with van der Waals surface area (Å²) in [5.74, 6) is -15.6. The maximum absolute atomic E-state index is 13.6. The van der Waals surface area contributed by atoms with Crippen LogP contribution in [0.5, 0.6) is 0 Å². The molecule has 0 aliphatic heterocycles. The first-order valence-electron chi connectivity index (χ1n) is 31.1. The molecule has 0 saturated carbocycles. The predicted octanol–water partition coefficient (Wildman–Crippen LogP) is 12.8. The van der Waals surface area contributed by atoms with Crippen molar-refractivity contribution in [1.29, 1.82) is 0 Å². The van der Waals surface area contributed by atoms with Crippen LogP contribution in [0.2, 0.25) is 0 Å². The fourth-order valence-corrected chi connectivity index (χ4v) is 10.3. The number of nitrogens with two attached hydrogens (primary N) is 4. The Morgan fingerprint density at radius 3 is 0.580 bits per heavy atom. The minimum absolute atomic E-state index is 0.157. The van der Waals surface area contributed by atoms with Gasteiger partial charge in [0.2, 0.25) is 0 Å². The Kier molecular flexibility index (Phi) is 40.4. The van der Waals surface area contributed by atoms with Gasteiger partial charge in [0.1, 0.15) is 48.6 Å². The Labute approximate surface area is 509 Å². The highest BCUT2D eigenvalue weighted by Gasteiger charge is 2.47. The number of hydrogen-bond donors (Lipinski definition) is 4. The third-order valence-corrected chi connectivity index (χ3v) is 15.9. The van der Waals surface area contributed by atoms with Crippen LogP contribution < -0.4 is 22.9 Å². The number of esters is 4. The van der Waals surface area contributed by atoms with Crippen molar-refractivity contribution in [3.63, 3.8) is 0 Å². The minimum atomic E-state index is -5.31. The van der Waals surface area contributed by atoms with Gasteiger partial charge in [-0.1, -0.05) is 155 Å². The Morgan fingerprint density at radius 2 is 0.420 bits per heavy atom. The van der Waals surface area contributed by atoms with Crippen LogP contribution in [0.1, 0.15) is 234 Å². The van der Waals surface area contributed by atoms with Crippen LogP contribution in [-0.4, -0.2) is 120 Å². The Balaban J connectivity index is 5.23. The van der Waals surface area contributed by atoms with E-state index in [9.17, 15) is 91.0 Å². The van der Waals surface area contributed by atoms with E-state index in [1.165, 1.54) is 0 Å². The average molecular weight is 1300 g/mol. The van der Waals surface area contributed by atoms with E-state index >= 15 is 0 Å². The third kappa shape index (κ3) is 34.1. The van der Waals surface area contributed by atoms with E-state index in [4.69, 9.17) is 22.9 Å². The fraction of sp³-hybridized carbons (Fsp3) is 0.867. The number of ketones is 4. The molecule has 0 aromatic carbocycles. The summed E-state index contributed by atoms with van der Waals surface area (Å²) in [5, 5.41) is 0. The molecule has 0 aromatic rings. The zero-order chi connectivity index (χ0) is 67.6. The van der Waals surface area contributed by atoms with Crippen molar-refractivity contribution < 1.29 is 110 Å². The molecule has 0 radical (unpaired) electrons. The van der Waals surface area contributed by atoms with Crippen LogP contribution in [-0.2, 0) is 57.3 Å². The van der Waals surface area contributed by atoms with Gasteiger partial charge in [0.05, 0.1) is 0 Å². The number of carbonyl (C=O) groups excluding carboxylic acids is 8. The lowest BCUT2D eigenvalue weighted by Gasteiger charge is -2.26. The van der Waals surface area contributed by atoms with Gasteiger partial charge in [-0.2, -0.15) is 52.7 Å². The molecule has 12 atom stereocenters. The monoisotopic (exact) mass is 1290 g/mol. The summed E-state index contributed by atoms with van der Waals surface area (Å²) in [7, 11) is 0. The van der Waals surface area contributed by atoms with Gasteiger partial charge in [0.25, 0.3) is 0 Å². The molecule has 88 heavy (non-hydrogen) atoms. The highest BCUT2D eigenvalue weighted by Crippen LogP contribution is 2.30. The first-order chi connectivity index (χ1) is 40.8. The second kappa shape index (κ2) is 42.6. The maximum Gasteiger partial charge on any atom is 0.490 e. The SMILES string of the molecule is CCCCC(CCCC(CCCCCCCCCCCCCCCCCCC(CCCC(CCCC)C(=O)[C@@H](N)[C@@H](C)OC(=O)C(F)(F)F)C(=O)[C@@H](N)[C@@H](C)OC(=O)C(F)(F)F)C(=O)[C@@H](N)[C@@H](C)OC(=O)C(F)(F)F)C(=O)[C@@H](N)[C@@H](C)OC(=O)C(F)(F)F. The molecule has 8 N–H and O–H groups in total. The summed E-state index contributed by atoms with van der Waals surface area (Å²) in [4.78, 5) is 99.8. The Hall–Kier alpha value is -4.44. The van der Waals surface area contributed by atoms with Crippen molar-refractivity contribution in [2.45, 2.75) is 307 Å². The van der Waals surface area contributed by atoms with E-state index in [1.807, 2.05) is 13.8 Å². The average Bonchev–Trinajstić information content (AvgIpc) is 3.57.